The van der Waals surface area contributed by atoms with Crippen LogP contribution in [0.5, 0.6) is 0 Å². The van der Waals surface area contributed by atoms with Crippen molar-refractivity contribution in [2.75, 3.05) is 0 Å². The Labute approximate surface area is 188 Å². The first kappa shape index (κ1) is 21.8. The van der Waals surface area contributed by atoms with Crippen LogP contribution in [0.4, 0.5) is 0 Å². The molecule has 33 heavy (non-hydrogen) atoms. The Balaban J connectivity index is 1.66. The zero-order chi connectivity index (χ0) is 23.8. The molecule has 1 aromatic heterocycles. The zero-order valence-electron chi connectivity index (χ0n) is 17.5. The van der Waals surface area contributed by atoms with E-state index < -0.39 is 29.2 Å². The number of carbonyl (C=O) groups is 4. The lowest BCUT2D eigenvalue weighted by Gasteiger charge is -2.33. The summed E-state index contributed by atoms with van der Waals surface area (Å²) in [6.07, 6.45) is 1.37. The summed E-state index contributed by atoms with van der Waals surface area (Å²) in [6, 6.07) is 11.5. The topological polar surface area (TPSA) is 140 Å². The SMILES string of the molecule is C[C@](Cc1c[nH]c2cc(C#CCC(=O)NO)ccc12)(C(=O)O)N1C(=O)c2ccccc2C1=O. The number of imide groups is 1. The van der Waals surface area contributed by atoms with E-state index in [1.807, 2.05) is 0 Å². The van der Waals surface area contributed by atoms with Crippen LogP contribution in [-0.4, -0.2) is 49.4 Å². The molecule has 0 saturated heterocycles. The van der Waals surface area contributed by atoms with Crippen LogP contribution >= 0.6 is 0 Å². The Morgan fingerprint density at radius 3 is 2.39 bits per heavy atom. The summed E-state index contributed by atoms with van der Waals surface area (Å²) in [4.78, 5) is 53.2. The van der Waals surface area contributed by atoms with Gasteiger partial charge in [-0.1, -0.05) is 30.0 Å². The van der Waals surface area contributed by atoms with E-state index in [4.69, 9.17) is 5.21 Å². The summed E-state index contributed by atoms with van der Waals surface area (Å²) < 4.78 is 0. The molecule has 4 N–H and O–H groups in total. The summed E-state index contributed by atoms with van der Waals surface area (Å²) in [7, 11) is 0. The minimum absolute atomic E-state index is 0.102. The summed E-state index contributed by atoms with van der Waals surface area (Å²) in [6.45, 7) is 1.36. The van der Waals surface area contributed by atoms with Gasteiger partial charge in [0.15, 0.2) is 0 Å². The predicted octanol–water partition coefficient (Wildman–Crippen LogP) is 2.10. The third-order valence-electron chi connectivity index (χ3n) is 5.66. The molecule has 2 heterocycles. The minimum atomic E-state index is -1.81. The Kier molecular flexibility index (Phi) is 5.45. The Bertz CT molecular complexity index is 1340. The monoisotopic (exact) mass is 445 g/mol. The number of aliphatic carboxylic acids is 1. The van der Waals surface area contributed by atoms with E-state index >= 15 is 0 Å². The average molecular weight is 445 g/mol. The normalized spacial score (nSPS) is 14.4. The van der Waals surface area contributed by atoms with Crippen molar-refractivity contribution in [2.24, 2.45) is 0 Å². The van der Waals surface area contributed by atoms with Gasteiger partial charge in [-0.05, 0) is 36.8 Å². The summed E-state index contributed by atoms with van der Waals surface area (Å²) >= 11 is 0. The van der Waals surface area contributed by atoms with Gasteiger partial charge in [-0.3, -0.25) is 24.5 Å². The molecule has 1 atom stereocenters. The third kappa shape index (κ3) is 3.73. The highest BCUT2D eigenvalue weighted by Gasteiger charge is 2.51. The third-order valence-corrected chi connectivity index (χ3v) is 5.66. The molecule has 0 spiro atoms. The number of aromatic amines is 1. The van der Waals surface area contributed by atoms with Gasteiger partial charge in [0.25, 0.3) is 17.7 Å². The maximum Gasteiger partial charge on any atom is 0.330 e. The second-order valence-corrected chi connectivity index (χ2v) is 7.83. The number of nitrogens with zero attached hydrogens (tertiary/aromatic N) is 1. The second kappa shape index (κ2) is 8.26. The van der Waals surface area contributed by atoms with Crippen LogP contribution in [0.1, 0.15) is 45.2 Å². The molecule has 9 nitrogen and oxygen atoms in total. The van der Waals surface area contributed by atoms with Crippen molar-refractivity contribution in [2.45, 2.75) is 25.3 Å². The number of nitrogens with one attached hydrogen (secondary N) is 2. The number of H-pyrrole nitrogens is 1. The number of fused-ring (bicyclic) bond motifs is 2. The Morgan fingerprint density at radius 1 is 1.12 bits per heavy atom. The number of benzene rings is 2. The van der Waals surface area contributed by atoms with Gasteiger partial charge in [-0.2, -0.15) is 0 Å². The van der Waals surface area contributed by atoms with E-state index in [1.54, 1.807) is 36.5 Å². The fraction of sp³-hybridized carbons (Fsp3) is 0.167. The fourth-order valence-corrected chi connectivity index (χ4v) is 3.94. The van der Waals surface area contributed by atoms with Crippen molar-refractivity contribution >= 4 is 34.6 Å². The van der Waals surface area contributed by atoms with Crippen molar-refractivity contribution in [3.63, 3.8) is 0 Å². The first-order chi connectivity index (χ1) is 15.8. The fourth-order valence-electron chi connectivity index (χ4n) is 3.94. The maximum absolute atomic E-state index is 12.9. The van der Waals surface area contributed by atoms with E-state index in [1.165, 1.54) is 24.5 Å². The number of carbonyl (C=O) groups excluding carboxylic acids is 3. The Hall–Kier alpha value is -4.42. The molecule has 0 radical (unpaired) electrons. The number of hydrogen-bond acceptors (Lipinski definition) is 5. The molecule has 0 bridgehead atoms. The van der Waals surface area contributed by atoms with Crippen LogP contribution in [0.2, 0.25) is 0 Å². The van der Waals surface area contributed by atoms with Gasteiger partial charge in [0, 0.05) is 29.1 Å². The van der Waals surface area contributed by atoms with Crippen LogP contribution in [0.3, 0.4) is 0 Å². The number of hydrogen-bond donors (Lipinski definition) is 4. The zero-order valence-corrected chi connectivity index (χ0v) is 17.5. The van der Waals surface area contributed by atoms with Crippen molar-refractivity contribution in [3.05, 3.63) is 70.9 Å². The van der Waals surface area contributed by atoms with Gasteiger partial charge in [0.1, 0.15) is 5.54 Å². The van der Waals surface area contributed by atoms with Gasteiger partial charge in [0.2, 0.25) is 0 Å². The lowest BCUT2D eigenvalue weighted by atomic mass is 9.90. The predicted molar refractivity (Wildman–Crippen MR) is 116 cm³/mol. The molecule has 0 saturated carbocycles. The molecule has 0 aliphatic carbocycles. The molecule has 9 heteroatoms. The van der Waals surface area contributed by atoms with Gasteiger partial charge in [-0.25, -0.2) is 10.3 Å². The van der Waals surface area contributed by atoms with Crippen molar-refractivity contribution in [3.8, 4) is 11.8 Å². The van der Waals surface area contributed by atoms with Crippen LogP contribution in [0.15, 0.2) is 48.7 Å². The molecule has 3 aromatic rings. The van der Waals surface area contributed by atoms with Crippen molar-refractivity contribution in [1.29, 1.82) is 0 Å². The second-order valence-electron chi connectivity index (χ2n) is 7.83. The van der Waals surface area contributed by atoms with Gasteiger partial charge < -0.3 is 10.1 Å². The van der Waals surface area contributed by atoms with E-state index in [-0.39, 0.29) is 24.0 Å². The molecule has 2 aromatic carbocycles. The number of carboxylic acid groups (broad SMARTS) is 1. The van der Waals surface area contributed by atoms with Crippen molar-refractivity contribution < 1.29 is 29.5 Å². The molecular formula is C24H19N3O6. The van der Waals surface area contributed by atoms with Gasteiger partial charge in [0.05, 0.1) is 17.5 Å². The quantitative estimate of drug-likeness (QED) is 0.205. The van der Waals surface area contributed by atoms with Gasteiger partial charge >= 0.3 is 5.97 Å². The summed E-state index contributed by atoms with van der Waals surface area (Å²) in [5.74, 6) is 2.27. The average Bonchev–Trinajstić information content (AvgIpc) is 3.31. The molecule has 0 fully saturated rings. The van der Waals surface area contributed by atoms with Crippen molar-refractivity contribution in [1.82, 2.24) is 15.4 Å². The van der Waals surface area contributed by atoms with E-state index in [9.17, 15) is 24.3 Å². The number of carboxylic acids is 1. The molecule has 4 rings (SSSR count). The highest BCUT2D eigenvalue weighted by atomic mass is 16.5. The smallest absolute Gasteiger partial charge is 0.330 e. The highest BCUT2D eigenvalue weighted by Crippen LogP contribution is 2.33. The Morgan fingerprint density at radius 2 is 1.79 bits per heavy atom. The molecule has 166 valence electrons. The van der Waals surface area contributed by atoms with E-state index in [0.717, 1.165) is 10.3 Å². The van der Waals surface area contributed by atoms with Crippen LogP contribution in [0, 0.1) is 11.8 Å². The maximum atomic E-state index is 12.9. The number of amides is 3. The van der Waals surface area contributed by atoms with Gasteiger partial charge in [-0.15, -0.1) is 0 Å². The molecule has 1 aliphatic rings. The van der Waals surface area contributed by atoms with E-state index in [2.05, 4.69) is 16.8 Å². The highest BCUT2D eigenvalue weighted by molar-refractivity contribution is 6.23. The molecular weight excluding hydrogens is 426 g/mol. The summed E-state index contributed by atoms with van der Waals surface area (Å²) in [5.41, 5.74) is 1.98. The van der Waals surface area contributed by atoms with E-state index in [0.29, 0.717) is 16.6 Å². The van der Waals surface area contributed by atoms with Crippen LogP contribution in [0.25, 0.3) is 10.9 Å². The lowest BCUT2D eigenvalue weighted by molar-refractivity contribution is -0.147. The number of rotatable bonds is 5. The first-order valence-corrected chi connectivity index (χ1v) is 9.99. The molecule has 0 unspecified atom stereocenters. The first-order valence-electron chi connectivity index (χ1n) is 9.99. The minimum Gasteiger partial charge on any atom is -0.479 e. The van der Waals surface area contributed by atoms with Crippen LogP contribution in [-0.2, 0) is 16.0 Å². The number of aromatic nitrogens is 1. The largest absolute Gasteiger partial charge is 0.479 e. The molecule has 3 amide bonds. The van der Waals surface area contributed by atoms with Crippen LogP contribution < -0.4 is 5.48 Å². The lowest BCUT2D eigenvalue weighted by Crippen LogP contribution is -2.56. The summed E-state index contributed by atoms with van der Waals surface area (Å²) in [5, 5.41) is 19.3. The standard InChI is InChI=1S/C24H19N3O6/c1-24(23(31)32,27-21(29)17-6-2-3-7-18(17)22(27)30)12-15-13-25-19-11-14(9-10-16(15)19)5-4-8-20(28)26-33/h2-3,6-7,9-11,13,25,33H,8,12H2,1H3,(H,26,28)(H,31,32)/t24-/m0/s1. The molecule has 1 aliphatic heterocycles. The number of hydroxylamine groups is 1.